The van der Waals surface area contributed by atoms with Crippen molar-refractivity contribution in [3.05, 3.63) is 48.0 Å². The summed E-state index contributed by atoms with van der Waals surface area (Å²) in [6, 6.07) is 13.0. The van der Waals surface area contributed by atoms with Gasteiger partial charge in [-0.2, -0.15) is 4.31 Å². The molecule has 1 amide bonds. The Morgan fingerprint density at radius 2 is 1.94 bits per heavy atom. The highest BCUT2D eigenvalue weighted by atomic mass is 32.2. The molecule has 0 aliphatic carbocycles. The van der Waals surface area contributed by atoms with E-state index in [9.17, 15) is 13.2 Å². The highest BCUT2D eigenvalue weighted by Crippen LogP contribution is 2.36. The molecule has 1 fully saturated rings. The summed E-state index contributed by atoms with van der Waals surface area (Å²) in [7, 11) is -3.55. The van der Waals surface area contributed by atoms with Crippen LogP contribution in [0.1, 0.15) is 12.5 Å². The SMILES string of the molecule is CC(Sc1nc2ccccc2s1)C(=O)N1CCc2cc(S(=O)(=O)N3CCOCC3)ccc21. The molecule has 32 heavy (non-hydrogen) atoms. The zero-order chi connectivity index (χ0) is 22.3. The van der Waals surface area contributed by atoms with Crippen molar-refractivity contribution in [3.8, 4) is 0 Å². The van der Waals surface area contributed by atoms with Crippen LogP contribution in [0.25, 0.3) is 10.2 Å². The van der Waals surface area contributed by atoms with E-state index in [1.165, 1.54) is 16.1 Å². The van der Waals surface area contributed by atoms with Crippen molar-refractivity contribution in [1.29, 1.82) is 0 Å². The van der Waals surface area contributed by atoms with E-state index in [2.05, 4.69) is 4.98 Å². The standard InChI is InChI=1S/C22H23N3O4S3/c1-15(30-22-23-18-4-2-3-5-20(18)31-22)21(26)25-9-8-16-14-17(6-7-19(16)25)32(27,28)24-10-12-29-13-11-24/h2-7,14-15H,8-13H2,1H3. The van der Waals surface area contributed by atoms with Gasteiger partial charge in [0.1, 0.15) is 0 Å². The molecule has 3 aromatic rings. The predicted molar refractivity (Wildman–Crippen MR) is 127 cm³/mol. The Kier molecular flexibility index (Phi) is 5.98. The van der Waals surface area contributed by atoms with E-state index in [1.54, 1.807) is 34.4 Å². The van der Waals surface area contributed by atoms with Crippen LogP contribution >= 0.6 is 23.1 Å². The smallest absolute Gasteiger partial charge is 0.243 e. The first-order valence-corrected chi connectivity index (χ1v) is 13.6. The molecule has 1 unspecified atom stereocenters. The van der Waals surface area contributed by atoms with Gasteiger partial charge < -0.3 is 9.64 Å². The molecule has 0 saturated carbocycles. The van der Waals surface area contributed by atoms with Crippen molar-refractivity contribution in [2.75, 3.05) is 37.7 Å². The Morgan fingerprint density at radius 1 is 1.16 bits per heavy atom. The Labute approximate surface area is 195 Å². The van der Waals surface area contributed by atoms with Gasteiger partial charge in [0.2, 0.25) is 15.9 Å². The molecule has 168 valence electrons. The lowest BCUT2D eigenvalue weighted by molar-refractivity contribution is -0.117. The predicted octanol–water partition coefficient (Wildman–Crippen LogP) is 3.39. The molecule has 3 heterocycles. The maximum atomic E-state index is 13.2. The fourth-order valence-corrected chi connectivity index (χ4v) is 7.76. The number of aromatic nitrogens is 1. The second-order valence-corrected chi connectivity index (χ2v) is 12.3. The zero-order valence-corrected chi connectivity index (χ0v) is 20.0. The zero-order valence-electron chi connectivity index (χ0n) is 17.6. The number of anilines is 1. The van der Waals surface area contributed by atoms with E-state index in [0.717, 1.165) is 25.8 Å². The van der Waals surface area contributed by atoms with Gasteiger partial charge >= 0.3 is 0 Å². The van der Waals surface area contributed by atoms with Crippen LogP contribution in [0.3, 0.4) is 0 Å². The molecule has 5 rings (SSSR count). The van der Waals surface area contributed by atoms with E-state index in [4.69, 9.17) is 4.74 Å². The second kappa shape index (κ2) is 8.75. The molecule has 10 heteroatoms. The molecule has 2 aromatic carbocycles. The number of hydrogen-bond donors (Lipinski definition) is 0. The second-order valence-electron chi connectivity index (χ2n) is 7.75. The molecule has 0 spiro atoms. The first-order chi connectivity index (χ1) is 15.4. The number of para-hydroxylation sites is 1. The van der Waals surface area contributed by atoms with Gasteiger partial charge in [0.25, 0.3) is 0 Å². The average Bonchev–Trinajstić information content (AvgIpc) is 3.42. The number of carbonyl (C=O) groups excluding carboxylic acids is 1. The molecule has 0 N–H and O–H groups in total. The quantitative estimate of drug-likeness (QED) is 0.511. The molecule has 0 radical (unpaired) electrons. The van der Waals surface area contributed by atoms with Crippen LogP contribution in [0.4, 0.5) is 5.69 Å². The van der Waals surface area contributed by atoms with Crippen LogP contribution < -0.4 is 4.90 Å². The van der Waals surface area contributed by atoms with Gasteiger partial charge in [-0.25, -0.2) is 13.4 Å². The van der Waals surface area contributed by atoms with Gasteiger partial charge in [0.05, 0.1) is 33.6 Å². The summed E-state index contributed by atoms with van der Waals surface area (Å²) in [6.07, 6.45) is 0.645. The number of morpholine rings is 1. The summed E-state index contributed by atoms with van der Waals surface area (Å²) in [5, 5.41) is -0.293. The highest BCUT2D eigenvalue weighted by Gasteiger charge is 2.32. The summed E-state index contributed by atoms with van der Waals surface area (Å²) in [5.74, 6) is 0.0109. The van der Waals surface area contributed by atoms with Crippen molar-refractivity contribution in [3.63, 3.8) is 0 Å². The van der Waals surface area contributed by atoms with Crippen molar-refractivity contribution in [2.24, 2.45) is 0 Å². The average molecular weight is 490 g/mol. The number of benzene rings is 2. The summed E-state index contributed by atoms with van der Waals surface area (Å²) < 4.78 is 34.7. The van der Waals surface area contributed by atoms with Crippen LogP contribution in [-0.4, -0.2) is 61.7 Å². The molecule has 2 aliphatic heterocycles. The number of amides is 1. The molecule has 2 aliphatic rings. The third kappa shape index (κ3) is 4.06. The third-order valence-corrected chi connectivity index (χ3v) is 9.83. The van der Waals surface area contributed by atoms with Gasteiger partial charge in [-0.1, -0.05) is 23.9 Å². The Morgan fingerprint density at radius 3 is 2.72 bits per heavy atom. The van der Waals surface area contributed by atoms with Crippen LogP contribution in [0.2, 0.25) is 0 Å². The lowest BCUT2D eigenvalue weighted by Gasteiger charge is -2.26. The minimum Gasteiger partial charge on any atom is -0.379 e. The van der Waals surface area contributed by atoms with E-state index < -0.39 is 10.0 Å². The fraction of sp³-hybridized carbons (Fsp3) is 0.364. The normalized spacial score (nSPS) is 18.1. The minimum atomic E-state index is -3.55. The largest absolute Gasteiger partial charge is 0.379 e. The number of hydrogen-bond acceptors (Lipinski definition) is 7. The molecule has 0 bridgehead atoms. The Hall–Kier alpha value is -1.98. The summed E-state index contributed by atoms with van der Waals surface area (Å²) in [5.41, 5.74) is 2.64. The number of rotatable bonds is 5. The number of sulfonamides is 1. The number of nitrogens with zero attached hydrogens (tertiary/aromatic N) is 3. The number of thioether (sulfide) groups is 1. The first kappa shape index (κ1) is 21.8. The van der Waals surface area contributed by atoms with Gasteiger partial charge in [-0.05, 0) is 49.2 Å². The van der Waals surface area contributed by atoms with Crippen molar-refractivity contribution >= 4 is 54.9 Å². The monoisotopic (exact) mass is 489 g/mol. The van der Waals surface area contributed by atoms with E-state index in [1.807, 2.05) is 31.2 Å². The van der Waals surface area contributed by atoms with Crippen LogP contribution in [0, 0.1) is 0 Å². The minimum absolute atomic E-state index is 0.0109. The third-order valence-electron chi connectivity index (χ3n) is 5.72. The fourth-order valence-electron chi connectivity index (χ4n) is 4.03. The lowest BCUT2D eigenvalue weighted by atomic mass is 10.2. The number of fused-ring (bicyclic) bond motifs is 2. The Bertz CT molecular complexity index is 1240. The molecule has 1 saturated heterocycles. The van der Waals surface area contributed by atoms with E-state index in [0.29, 0.717) is 39.3 Å². The first-order valence-electron chi connectivity index (χ1n) is 10.5. The molecule has 1 aromatic heterocycles. The van der Waals surface area contributed by atoms with Crippen LogP contribution in [-0.2, 0) is 26.0 Å². The van der Waals surface area contributed by atoms with Gasteiger partial charge in [0.15, 0.2) is 4.34 Å². The van der Waals surface area contributed by atoms with Crippen molar-refractivity contribution in [2.45, 2.75) is 27.8 Å². The number of carbonyl (C=O) groups is 1. The lowest BCUT2D eigenvalue weighted by Crippen LogP contribution is -2.40. The highest BCUT2D eigenvalue weighted by molar-refractivity contribution is 8.02. The van der Waals surface area contributed by atoms with E-state index in [-0.39, 0.29) is 16.1 Å². The van der Waals surface area contributed by atoms with Gasteiger partial charge in [-0.3, -0.25) is 4.79 Å². The maximum Gasteiger partial charge on any atom is 0.243 e. The summed E-state index contributed by atoms with van der Waals surface area (Å²) in [6.45, 7) is 4.01. The maximum absolute atomic E-state index is 13.2. The van der Waals surface area contributed by atoms with Gasteiger partial charge in [0, 0.05) is 25.3 Å². The summed E-state index contributed by atoms with van der Waals surface area (Å²) >= 11 is 3.06. The topological polar surface area (TPSA) is 79.8 Å². The molecule has 1 atom stereocenters. The van der Waals surface area contributed by atoms with Crippen molar-refractivity contribution in [1.82, 2.24) is 9.29 Å². The van der Waals surface area contributed by atoms with Gasteiger partial charge in [-0.15, -0.1) is 11.3 Å². The molecular formula is C22H23N3O4S3. The Balaban J connectivity index is 1.32. The van der Waals surface area contributed by atoms with Crippen LogP contribution in [0.15, 0.2) is 51.7 Å². The van der Waals surface area contributed by atoms with E-state index >= 15 is 0 Å². The number of ether oxygens (including phenoxy) is 1. The molecule has 7 nitrogen and oxygen atoms in total. The number of thiazole rings is 1. The van der Waals surface area contributed by atoms with Crippen LogP contribution in [0.5, 0.6) is 0 Å². The van der Waals surface area contributed by atoms with Crippen molar-refractivity contribution < 1.29 is 17.9 Å². The molecular weight excluding hydrogens is 466 g/mol. The summed E-state index contributed by atoms with van der Waals surface area (Å²) in [4.78, 5) is 19.9.